The summed E-state index contributed by atoms with van der Waals surface area (Å²) >= 11 is 0. The molecule has 0 spiro atoms. The third-order valence-electron chi connectivity index (χ3n) is 6.87. The maximum Gasteiger partial charge on any atom is 0.223 e. The molecule has 4 nitrogen and oxygen atoms in total. The van der Waals surface area contributed by atoms with Gasteiger partial charge in [-0.15, -0.1) is 0 Å². The van der Waals surface area contributed by atoms with Crippen molar-refractivity contribution in [1.82, 2.24) is 10.2 Å². The van der Waals surface area contributed by atoms with Crippen LogP contribution in [-0.4, -0.2) is 49.7 Å². The van der Waals surface area contributed by atoms with Gasteiger partial charge in [-0.2, -0.15) is 0 Å². The van der Waals surface area contributed by atoms with E-state index >= 15 is 0 Å². The van der Waals surface area contributed by atoms with Crippen molar-refractivity contribution < 1.29 is 9.53 Å². The molecule has 1 aliphatic heterocycles. The summed E-state index contributed by atoms with van der Waals surface area (Å²) in [6, 6.07) is 0.408. The molecule has 0 aromatic carbocycles. The summed E-state index contributed by atoms with van der Waals surface area (Å²) in [5.74, 6) is 1.98. The molecule has 0 aromatic rings. The summed E-state index contributed by atoms with van der Waals surface area (Å²) in [5.41, 5.74) is 0. The standard InChI is InChI=1S/C22H40N2O2/c1-2-26-17-18-9-8-14-24(15-18)16-20-12-6-7-13-21(20)23-22(25)19-10-4-3-5-11-19/h18-21H,2-17H2,1H3,(H,23,25)/t18-,20-,21+/m1/s1. The van der Waals surface area contributed by atoms with Crippen LogP contribution in [0.2, 0.25) is 0 Å². The molecule has 3 aliphatic rings. The average Bonchev–Trinajstić information content (AvgIpc) is 2.69. The Morgan fingerprint density at radius 1 is 1.00 bits per heavy atom. The molecule has 26 heavy (non-hydrogen) atoms. The number of hydrogen-bond acceptors (Lipinski definition) is 3. The number of hydrogen-bond donors (Lipinski definition) is 1. The van der Waals surface area contributed by atoms with Crippen molar-refractivity contribution in [3.05, 3.63) is 0 Å². The van der Waals surface area contributed by atoms with Gasteiger partial charge in [-0.25, -0.2) is 0 Å². The zero-order valence-electron chi connectivity index (χ0n) is 16.9. The maximum atomic E-state index is 12.7. The number of carbonyl (C=O) groups is 1. The first-order valence-electron chi connectivity index (χ1n) is 11.4. The maximum absolute atomic E-state index is 12.7. The van der Waals surface area contributed by atoms with E-state index in [0.29, 0.717) is 23.8 Å². The predicted molar refractivity (Wildman–Crippen MR) is 106 cm³/mol. The van der Waals surface area contributed by atoms with Gasteiger partial charge < -0.3 is 15.0 Å². The Bertz CT molecular complexity index is 422. The van der Waals surface area contributed by atoms with E-state index in [2.05, 4.69) is 17.1 Å². The quantitative estimate of drug-likeness (QED) is 0.743. The Morgan fingerprint density at radius 2 is 1.77 bits per heavy atom. The lowest BCUT2D eigenvalue weighted by molar-refractivity contribution is -0.127. The van der Waals surface area contributed by atoms with E-state index in [1.54, 1.807) is 0 Å². The van der Waals surface area contributed by atoms with Gasteiger partial charge in [0.2, 0.25) is 5.91 Å². The van der Waals surface area contributed by atoms with Crippen LogP contribution in [0.5, 0.6) is 0 Å². The van der Waals surface area contributed by atoms with Crippen molar-refractivity contribution in [2.45, 2.75) is 83.6 Å². The second-order valence-electron chi connectivity index (χ2n) is 8.92. The van der Waals surface area contributed by atoms with Crippen LogP contribution >= 0.6 is 0 Å². The minimum absolute atomic E-state index is 0.289. The van der Waals surface area contributed by atoms with Gasteiger partial charge in [-0.05, 0) is 63.8 Å². The molecule has 1 amide bonds. The number of rotatable bonds is 7. The minimum atomic E-state index is 0.289. The summed E-state index contributed by atoms with van der Waals surface area (Å²) in [6.07, 6.45) is 13.7. The number of nitrogens with zero attached hydrogens (tertiary/aromatic N) is 1. The Hall–Kier alpha value is -0.610. The van der Waals surface area contributed by atoms with E-state index in [0.717, 1.165) is 32.6 Å². The highest BCUT2D eigenvalue weighted by atomic mass is 16.5. The second-order valence-corrected chi connectivity index (χ2v) is 8.92. The highest BCUT2D eigenvalue weighted by molar-refractivity contribution is 5.79. The molecule has 0 unspecified atom stereocenters. The van der Waals surface area contributed by atoms with Gasteiger partial charge in [-0.3, -0.25) is 4.79 Å². The molecule has 1 saturated heterocycles. The zero-order chi connectivity index (χ0) is 18.2. The van der Waals surface area contributed by atoms with Gasteiger partial charge >= 0.3 is 0 Å². The van der Waals surface area contributed by atoms with Crippen molar-refractivity contribution >= 4 is 5.91 Å². The van der Waals surface area contributed by atoms with Crippen LogP contribution in [0.1, 0.15) is 77.6 Å². The molecule has 150 valence electrons. The van der Waals surface area contributed by atoms with E-state index in [1.807, 2.05) is 0 Å². The van der Waals surface area contributed by atoms with Crippen LogP contribution in [0, 0.1) is 17.8 Å². The lowest BCUT2D eigenvalue weighted by Crippen LogP contribution is -2.49. The van der Waals surface area contributed by atoms with Gasteiger partial charge in [0.1, 0.15) is 0 Å². The van der Waals surface area contributed by atoms with Crippen molar-refractivity contribution in [1.29, 1.82) is 0 Å². The fraction of sp³-hybridized carbons (Fsp3) is 0.955. The zero-order valence-corrected chi connectivity index (χ0v) is 16.9. The molecule has 3 atom stereocenters. The van der Waals surface area contributed by atoms with E-state index in [-0.39, 0.29) is 5.92 Å². The van der Waals surface area contributed by atoms with Gasteiger partial charge in [0, 0.05) is 31.7 Å². The van der Waals surface area contributed by atoms with E-state index in [4.69, 9.17) is 4.74 Å². The number of likely N-dealkylation sites (tertiary alicyclic amines) is 1. The minimum Gasteiger partial charge on any atom is -0.381 e. The Morgan fingerprint density at radius 3 is 2.58 bits per heavy atom. The summed E-state index contributed by atoms with van der Waals surface area (Å²) in [4.78, 5) is 15.4. The van der Waals surface area contributed by atoms with Crippen LogP contribution < -0.4 is 5.32 Å². The van der Waals surface area contributed by atoms with E-state index in [1.165, 1.54) is 70.9 Å². The molecule has 4 heteroatoms. The summed E-state index contributed by atoms with van der Waals surface area (Å²) in [6.45, 7) is 7.40. The number of amides is 1. The second kappa shape index (κ2) is 10.7. The molecule has 2 saturated carbocycles. The molecular weight excluding hydrogens is 324 g/mol. The summed E-state index contributed by atoms with van der Waals surface area (Å²) in [7, 11) is 0. The van der Waals surface area contributed by atoms with Crippen molar-refractivity contribution in [3.63, 3.8) is 0 Å². The fourth-order valence-corrected chi connectivity index (χ4v) is 5.35. The van der Waals surface area contributed by atoms with Crippen molar-refractivity contribution in [2.75, 3.05) is 32.8 Å². The van der Waals surface area contributed by atoms with Gasteiger partial charge in [0.25, 0.3) is 0 Å². The van der Waals surface area contributed by atoms with Crippen LogP contribution in [0.25, 0.3) is 0 Å². The third-order valence-corrected chi connectivity index (χ3v) is 6.87. The molecule has 0 radical (unpaired) electrons. The molecule has 0 bridgehead atoms. The lowest BCUT2D eigenvalue weighted by atomic mass is 9.82. The van der Waals surface area contributed by atoms with Crippen LogP contribution in [0.4, 0.5) is 0 Å². The van der Waals surface area contributed by atoms with Gasteiger partial charge in [0.15, 0.2) is 0 Å². The largest absolute Gasteiger partial charge is 0.381 e. The van der Waals surface area contributed by atoms with Gasteiger partial charge in [0.05, 0.1) is 6.61 Å². The normalized spacial score (nSPS) is 31.7. The number of nitrogens with one attached hydrogen (secondary N) is 1. The Balaban J connectivity index is 1.49. The number of carbonyl (C=O) groups excluding carboxylic acids is 1. The van der Waals surface area contributed by atoms with Crippen LogP contribution in [0.3, 0.4) is 0 Å². The highest BCUT2D eigenvalue weighted by Gasteiger charge is 2.31. The SMILES string of the molecule is CCOC[C@@H]1CCCN(C[C@H]2CCCC[C@@H]2NC(=O)C2CCCCC2)C1. The predicted octanol–water partition coefficient (Wildman–Crippen LogP) is 3.99. The smallest absolute Gasteiger partial charge is 0.223 e. The molecule has 1 heterocycles. The van der Waals surface area contributed by atoms with Crippen LogP contribution in [0.15, 0.2) is 0 Å². The third kappa shape index (κ3) is 5.95. The average molecular weight is 365 g/mol. The first-order chi connectivity index (χ1) is 12.8. The van der Waals surface area contributed by atoms with Crippen LogP contribution in [-0.2, 0) is 9.53 Å². The molecule has 3 fully saturated rings. The number of ether oxygens (including phenoxy) is 1. The molecular formula is C22H40N2O2. The summed E-state index contributed by atoms with van der Waals surface area (Å²) in [5, 5.41) is 3.48. The molecule has 3 rings (SSSR count). The van der Waals surface area contributed by atoms with Crippen molar-refractivity contribution in [3.8, 4) is 0 Å². The molecule has 1 N–H and O–H groups in total. The molecule has 0 aromatic heterocycles. The Kier molecular flexibility index (Phi) is 8.25. The first-order valence-corrected chi connectivity index (χ1v) is 11.4. The summed E-state index contributed by atoms with van der Waals surface area (Å²) < 4.78 is 5.67. The van der Waals surface area contributed by atoms with E-state index < -0.39 is 0 Å². The topological polar surface area (TPSA) is 41.6 Å². The molecule has 2 aliphatic carbocycles. The first kappa shape index (κ1) is 20.1. The van der Waals surface area contributed by atoms with Crippen molar-refractivity contribution in [2.24, 2.45) is 17.8 Å². The fourth-order valence-electron chi connectivity index (χ4n) is 5.35. The van der Waals surface area contributed by atoms with Gasteiger partial charge in [-0.1, -0.05) is 32.1 Å². The Labute approximate surface area is 160 Å². The number of piperidine rings is 1. The van der Waals surface area contributed by atoms with E-state index in [9.17, 15) is 4.79 Å². The monoisotopic (exact) mass is 364 g/mol. The highest BCUT2D eigenvalue weighted by Crippen LogP contribution is 2.29. The lowest BCUT2D eigenvalue weighted by Gasteiger charge is -2.39.